The molecule has 0 aliphatic rings. The average Bonchev–Trinajstić information content (AvgIpc) is 3.18. The summed E-state index contributed by atoms with van der Waals surface area (Å²) in [5.74, 6) is 1.82. The lowest BCUT2D eigenvalue weighted by atomic mass is 10.1. The molecule has 0 radical (unpaired) electrons. The molecule has 0 aliphatic carbocycles. The summed E-state index contributed by atoms with van der Waals surface area (Å²) in [7, 11) is 0. The van der Waals surface area contributed by atoms with Gasteiger partial charge in [0.2, 0.25) is 0 Å². The van der Waals surface area contributed by atoms with Gasteiger partial charge in [0, 0.05) is 26.1 Å². The number of nitrogens with one attached hydrogen (secondary N) is 2. The Bertz CT molecular complexity index is 637. The Morgan fingerprint density at radius 1 is 1.00 bits per heavy atom. The second kappa shape index (κ2) is 13.6. The molecule has 0 fully saturated rings. The molecule has 5 nitrogen and oxygen atoms in total. The van der Waals surface area contributed by atoms with E-state index in [1.165, 1.54) is 11.1 Å². The maximum Gasteiger partial charge on any atom is 0.191 e. The molecule has 0 aliphatic heterocycles. The largest absolute Gasteiger partial charge is 0.469 e. The molecular weight excluding hydrogens is 451 g/mol. The predicted molar refractivity (Wildman–Crippen MR) is 124 cm³/mol. The van der Waals surface area contributed by atoms with Crippen molar-refractivity contribution in [2.45, 2.75) is 40.3 Å². The Morgan fingerprint density at radius 3 is 2.30 bits per heavy atom. The van der Waals surface area contributed by atoms with E-state index in [-0.39, 0.29) is 24.0 Å². The highest BCUT2D eigenvalue weighted by Gasteiger charge is 2.02. The van der Waals surface area contributed by atoms with Gasteiger partial charge in [-0.1, -0.05) is 38.1 Å². The maximum atomic E-state index is 5.36. The van der Waals surface area contributed by atoms with Gasteiger partial charge >= 0.3 is 0 Å². The van der Waals surface area contributed by atoms with Crippen molar-refractivity contribution in [2.75, 3.05) is 26.2 Å². The van der Waals surface area contributed by atoms with Crippen LogP contribution in [0.4, 0.5) is 0 Å². The van der Waals surface area contributed by atoms with E-state index in [0.717, 1.165) is 50.9 Å². The summed E-state index contributed by atoms with van der Waals surface area (Å²) in [5, 5.41) is 6.64. The molecule has 0 saturated carbocycles. The Balaban J connectivity index is 0.00000364. The minimum absolute atomic E-state index is 0. The topological polar surface area (TPSA) is 52.8 Å². The molecule has 2 rings (SSSR count). The van der Waals surface area contributed by atoms with Crippen LogP contribution in [0.15, 0.2) is 52.1 Å². The third-order valence-electron chi connectivity index (χ3n) is 4.33. The maximum absolute atomic E-state index is 5.36. The molecule has 1 heterocycles. The molecule has 0 unspecified atom stereocenters. The number of aliphatic imine (C=N–C) groups is 1. The second-order valence-electron chi connectivity index (χ2n) is 6.23. The predicted octanol–water partition coefficient (Wildman–Crippen LogP) is 4.04. The standard InChI is InChI=1S/C21H32N4O.HI/c1-4-22-21(23-14-13-20-8-7-15-26-20)24-16-18-9-11-19(12-10-18)17-25(5-2)6-3;/h7-12,15H,4-6,13-14,16-17H2,1-3H3,(H2,22,23,24);1H. The zero-order valence-corrected chi connectivity index (χ0v) is 19.0. The van der Waals surface area contributed by atoms with Gasteiger partial charge in [0.25, 0.3) is 0 Å². The van der Waals surface area contributed by atoms with Gasteiger partial charge in [-0.2, -0.15) is 0 Å². The van der Waals surface area contributed by atoms with E-state index >= 15 is 0 Å². The van der Waals surface area contributed by atoms with E-state index in [4.69, 9.17) is 4.42 Å². The van der Waals surface area contributed by atoms with Crippen LogP contribution in [-0.4, -0.2) is 37.0 Å². The second-order valence-corrected chi connectivity index (χ2v) is 6.23. The lowest BCUT2D eigenvalue weighted by Gasteiger charge is -2.18. The number of halogens is 1. The Hall–Kier alpha value is -1.54. The first-order valence-electron chi connectivity index (χ1n) is 9.59. The van der Waals surface area contributed by atoms with Gasteiger partial charge in [0.05, 0.1) is 12.8 Å². The first kappa shape index (κ1) is 23.5. The molecule has 0 saturated heterocycles. The summed E-state index contributed by atoms with van der Waals surface area (Å²) in [4.78, 5) is 7.09. The number of furan rings is 1. The minimum atomic E-state index is 0. The Kier molecular flexibility index (Phi) is 11.8. The number of hydrogen-bond donors (Lipinski definition) is 2. The molecular formula is C21H33IN4O. The van der Waals surface area contributed by atoms with Crippen LogP contribution >= 0.6 is 24.0 Å². The van der Waals surface area contributed by atoms with Gasteiger partial charge in [-0.15, -0.1) is 24.0 Å². The minimum Gasteiger partial charge on any atom is -0.469 e. The molecule has 0 spiro atoms. The van der Waals surface area contributed by atoms with Crippen molar-refractivity contribution in [3.63, 3.8) is 0 Å². The van der Waals surface area contributed by atoms with Crippen LogP contribution in [0, 0.1) is 0 Å². The fourth-order valence-electron chi connectivity index (χ4n) is 2.73. The number of guanidine groups is 1. The quantitative estimate of drug-likeness (QED) is 0.304. The Morgan fingerprint density at radius 2 is 1.70 bits per heavy atom. The van der Waals surface area contributed by atoms with Crippen molar-refractivity contribution < 1.29 is 4.42 Å². The zero-order valence-electron chi connectivity index (χ0n) is 16.7. The summed E-state index contributed by atoms with van der Waals surface area (Å²) in [6.45, 7) is 12.0. The molecule has 6 heteroatoms. The molecule has 2 N–H and O–H groups in total. The third kappa shape index (κ3) is 8.79. The lowest BCUT2D eigenvalue weighted by molar-refractivity contribution is 0.296. The van der Waals surface area contributed by atoms with E-state index < -0.39 is 0 Å². The molecule has 1 aromatic heterocycles. The highest BCUT2D eigenvalue weighted by Crippen LogP contribution is 2.08. The van der Waals surface area contributed by atoms with Crippen molar-refractivity contribution in [1.82, 2.24) is 15.5 Å². The number of hydrogen-bond acceptors (Lipinski definition) is 3. The zero-order chi connectivity index (χ0) is 18.6. The van der Waals surface area contributed by atoms with Crippen LogP contribution in [0.1, 0.15) is 37.7 Å². The van der Waals surface area contributed by atoms with Crippen molar-refractivity contribution in [3.05, 3.63) is 59.5 Å². The monoisotopic (exact) mass is 484 g/mol. The molecule has 0 bridgehead atoms. The fraction of sp³-hybridized carbons (Fsp3) is 0.476. The van der Waals surface area contributed by atoms with Crippen LogP contribution < -0.4 is 10.6 Å². The van der Waals surface area contributed by atoms with E-state index in [2.05, 4.69) is 65.6 Å². The Labute approximate surface area is 180 Å². The summed E-state index contributed by atoms with van der Waals surface area (Å²) in [6, 6.07) is 12.7. The molecule has 0 amide bonds. The van der Waals surface area contributed by atoms with Crippen LogP contribution in [-0.2, 0) is 19.5 Å². The van der Waals surface area contributed by atoms with Crippen molar-refractivity contribution in [1.29, 1.82) is 0 Å². The van der Waals surface area contributed by atoms with Gasteiger partial charge in [-0.3, -0.25) is 4.90 Å². The summed E-state index contributed by atoms with van der Waals surface area (Å²) >= 11 is 0. The SMILES string of the molecule is CCNC(=NCc1ccc(CN(CC)CC)cc1)NCCc1ccco1.I. The average molecular weight is 484 g/mol. The first-order valence-corrected chi connectivity index (χ1v) is 9.59. The van der Waals surface area contributed by atoms with E-state index in [0.29, 0.717) is 6.54 Å². The van der Waals surface area contributed by atoms with Crippen LogP contribution in [0.3, 0.4) is 0 Å². The molecule has 150 valence electrons. The van der Waals surface area contributed by atoms with Gasteiger partial charge < -0.3 is 15.1 Å². The number of benzene rings is 1. The van der Waals surface area contributed by atoms with Gasteiger partial charge in [-0.25, -0.2) is 4.99 Å². The number of rotatable bonds is 10. The third-order valence-corrected chi connectivity index (χ3v) is 4.33. The van der Waals surface area contributed by atoms with Crippen molar-refractivity contribution in [3.8, 4) is 0 Å². The first-order chi connectivity index (χ1) is 12.7. The molecule has 27 heavy (non-hydrogen) atoms. The van der Waals surface area contributed by atoms with Gasteiger partial charge in [0.15, 0.2) is 5.96 Å². The van der Waals surface area contributed by atoms with Crippen LogP contribution in [0.25, 0.3) is 0 Å². The van der Waals surface area contributed by atoms with Gasteiger partial charge in [0.1, 0.15) is 5.76 Å². The van der Waals surface area contributed by atoms with Gasteiger partial charge in [-0.05, 0) is 43.3 Å². The molecule has 1 aromatic carbocycles. The molecule has 2 aromatic rings. The van der Waals surface area contributed by atoms with Crippen molar-refractivity contribution in [2.24, 2.45) is 4.99 Å². The lowest BCUT2D eigenvalue weighted by Crippen LogP contribution is -2.38. The fourth-order valence-corrected chi connectivity index (χ4v) is 2.73. The summed E-state index contributed by atoms with van der Waals surface area (Å²) in [5.41, 5.74) is 2.57. The van der Waals surface area contributed by atoms with Crippen LogP contribution in [0.5, 0.6) is 0 Å². The summed E-state index contributed by atoms with van der Waals surface area (Å²) < 4.78 is 5.36. The van der Waals surface area contributed by atoms with E-state index in [1.54, 1.807) is 6.26 Å². The highest BCUT2D eigenvalue weighted by molar-refractivity contribution is 14.0. The van der Waals surface area contributed by atoms with Crippen LogP contribution in [0.2, 0.25) is 0 Å². The normalized spacial score (nSPS) is 11.3. The van der Waals surface area contributed by atoms with E-state index in [9.17, 15) is 0 Å². The van der Waals surface area contributed by atoms with Crippen molar-refractivity contribution >= 4 is 29.9 Å². The smallest absolute Gasteiger partial charge is 0.191 e. The molecule has 0 atom stereocenters. The van der Waals surface area contributed by atoms with E-state index in [1.807, 2.05) is 12.1 Å². The summed E-state index contributed by atoms with van der Waals surface area (Å²) in [6.07, 6.45) is 2.55. The number of nitrogens with zero attached hydrogens (tertiary/aromatic N) is 2. The highest BCUT2D eigenvalue weighted by atomic mass is 127.